The topological polar surface area (TPSA) is 97.5 Å². The van der Waals surface area contributed by atoms with Gasteiger partial charge in [0, 0.05) is 12.1 Å². The van der Waals surface area contributed by atoms with Gasteiger partial charge in [0.05, 0.1) is 21.9 Å². The van der Waals surface area contributed by atoms with Crippen LogP contribution in [-0.2, 0) is 15.9 Å². The number of aromatic nitrogens is 1. The molecule has 0 fully saturated rings. The Morgan fingerprint density at radius 1 is 1.20 bits per heavy atom. The quantitative estimate of drug-likeness (QED) is 0.641. The first-order chi connectivity index (χ1) is 13.6. The second-order valence-electron chi connectivity index (χ2n) is 8.99. The Morgan fingerprint density at radius 3 is 2.37 bits per heavy atom. The summed E-state index contributed by atoms with van der Waals surface area (Å²) in [6.07, 6.45) is -0.581. The summed E-state index contributed by atoms with van der Waals surface area (Å²) in [5.41, 5.74) is 4.79. The first-order valence-electron chi connectivity index (χ1n) is 9.57. The third-order valence-electron chi connectivity index (χ3n) is 4.53. The Bertz CT molecular complexity index is 940. The number of carbonyl (C=O) groups is 1. The van der Waals surface area contributed by atoms with Gasteiger partial charge in [0.25, 0.3) is 0 Å². The van der Waals surface area contributed by atoms with Gasteiger partial charge in [-0.2, -0.15) is 0 Å². The number of ether oxygens (including phenoxy) is 1. The van der Waals surface area contributed by atoms with Crippen molar-refractivity contribution in [2.24, 2.45) is 5.73 Å². The van der Waals surface area contributed by atoms with Crippen LogP contribution in [0.4, 0.5) is 9.18 Å². The van der Waals surface area contributed by atoms with Gasteiger partial charge in [0.1, 0.15) is 17.0 Å². The zero-order valence-electron chi connectivity index (χ0n) is 18.1. The normalized spacial score (nSPS) is 14.2. The molecule has 2 aromatic rings. The molecule has 0 saturated carbocycles. The van der Waals surface area contributed by atoms with E-state index in [1.807, 2.05) is 0 Å². The molecule has 1 unspecified atom stereocenters. The maximum atomic E-state index is 13.6. The number of carbonyl (C=O) groups excluding carboxylic acids is 1. The van der Waals surface area contributed by atoms with Crippen molar-refractivity contribution >= 4 is 17.7 Å². The summed E-state index contributed by atoms with van der Waals surface area (Å²) in [4.78, 5) is 16.9. The molecule has 1 amide bonds. The number of nitrogens with one attached hydrogen (secondary N) is 1. The van der Waals surface area contributed by atoms with Gasteiger partial charge in [0.2, 0.25) is 0 Å². The number of aliphatic hydroxyl groups is 1. The van der Waals surface area contributed by atoms with Crippen molar-refractivity contribution in [3.05, 3.63) is 52.4 Å². The second kappa shape index (κ2) is 8.49. The van der Waals surface area contributed by atoms with E-state index in [1.165, 1.54) is 12.1 Å². The summed E-state index contributed by atoms with van der Waals surface area (Å²) >= 11 is 5.94. The molecule has 0 radical (unpaired) electrons. The van der Waals surface area contributed by atoms with Gasteiger partial charge < -0.3 is 20.9 Å². The molecule has 1 aromatic heterocycles. The van der Waals surface area contributed by atoms with Crippen molar-refractivity contribution in [1.29, 1.82) is 0 Å². The molecule has 30 heavy (non-hydrogen) atoms. The first-order valence-corrected chi connectivity index (χ1v) is 9.94. The van der Waals surface area contributed by atoms with Crippen LogP contribution in [0.25, 0.3) is 11.3 Å². The van der Waals surface area contributed by atoms with Crippen LogP contribution in [0.2, 0.25) is 5.02 Å². The van der Waals surface area contributed by atoms with Gasteiger partial charge >= 0.3 is 6.09 Å². The van der Waals surface area contributed by atoms with Crippen molar-refractivity contribution in [3.8, 4) is 11.3 Å². The number of benzene rings is 1. The molecule has 0 aliphatic heterocycles. The minimum absolute atomic E-state index is 0.0435. The molecule has 0 bridgehead atoms. The molecular formula is C22H29ClFN3O3. The zero-order chi connectivity index (χ0) is 22.9. The maximum absolute atomic E-state index is 13.6. The molecule has 1 heterocycles. The molecule has 0 spiro atoms. The highest BCUT2D eigenvalue weighted by molar-refractivity contribution is 6.31. The van der Waals surface area contributed by atoms with E-state index in [2.05, 4.69) is 10.3 Å². The highest BCUT2D eigenvalue weighted by Crippen LogP contribution is 2.31. The predicted octanol–water partition coefficient (Wildman–Crippen LogP) is 4.47. The molecule has 1 aromatic carbocycles. The number of halogens is 2. The van der Waals surface area contributed by atoms with E-state index in [0.717, 1.165) is 0 Å². The lowest BCUT2D eigenvalue weighted by Gasteiger charge is -2.31. The Morgan fingerprint density at radius 2 is 1.83 bits per heavy atom. The fourth-order valence-corrected chi connectivity index (χ4v) is 2.89. The number of alkyl carbamates (subject to hydrolysis) is 1. The number of hydrogen-bond donors (Lipinski definition) is 3. The third kappa shape index (κ3) is 5.90. The van der Waals surface area contributed by atoms with Crippen LogP contribution < -0.4 is 11.1 Å². The highest BCUT2D eigenvalue weighted by atomic mass is 35.5. The third-order valence-corrected chi connectivity index (χ3v) is 4.81. The number of amides is 1. The van der Waals surface area contributed by atoms with E-state index in [0.29, 0.717) is 22.5 Å². The van der Waals surface area contributed by atoms with E-state index in [9.17, 15) is 14.3 Å². The monoisotopic (exact) mass is 437 g/mol. The first kappa shape index (κ1) is 24.1. The van der Waals surface area contributed by atoms with Crippen molar-refractivity contribution < 1.29 is 19.0 Å². The van der Waals surface area contributed by atoms with Crippen LogP contribution >= 0.6 is 11.6 Å². The fourth-order valence-electron chi connectivity index (χ4n) is 2.71. The lowest BCUT2D eigenvalue weighted by atomic mass is 9.90. The number of nitrogens with zero attached hydrogens (tertiary/aromatic N) is 1. The zero-order valence-corrected chi connectivity index (χ0v) is 18.9. The molecule has 0 aliphatic rings. The summed E-state index contributed by atoms with van der Waals surface area (Å²) in [6.45, 7) is 10.4. The van der Waals surface area contributed by atoms with Crippen molar-refractivity contribution in [2.75, 3.05) is 6.54 Å². The van der Waals surface area contributed by atoms with Crippen molar-refractivity contribution in [1.82, 2.24) is 10.3 Å². The molecule has 1 atom stereocenters. The van der Waals surface area contributed by atoms with E-state index in [4.69, 9.17) is 22.1 Å². The number of hydrogen-bond acceptors (Lipinski definition) is 5. The minimum atomic E-state index is -1.41. The number of rotatable bonds is 5. The Hall–Kier alpha value is -2.22. The average Bonchev–Trinajstić information content (AvgIpc) is 2.61. The van der Waals surface area contributed by atoms with Gasteiger partial charge in [-0.05, 0) is 77.4 Å². The van der Waals surface area contributed by atoms with Crippen LogP contribution in [-0.4, -0.2) is 28.3 Å². The summed E-state index contributed by atoms with van der Waals surface area (Å²) in [7, 11) is 0. The van der Waals surface area contributed by atoms with Crippen LogP contribution in [0, 0.1) is 5.82 Å². The largest absolute Gasteiger partial charge is 0.444 e. The standard InChI is InChI=1S/C22H29ClFN3O3/c1-20(2,3)30-19(28)27-21(4,5)14-10-17(13-7-8-16(24)15(23)9-13)26-18(11-14)22(6,29)12-25/h7-11,29H,12,25H2,1-6H3,(H,27,28). The van der Waals surface area contributed by atoms with Crippen molar-refractivity contribution in [2.45, 2.75) is 58.3 Å². The molecule has 164 valence electrons. The fraction of sp³-hybridized carbons (Fsp3) is 0.455. The SMILES string of the molecule is CC(C)(C)OC(=O)NC(C)(C)c1cc(-c2ccc(F)c(Cl)c2)nc(C(C)(O)CN)c1. The van der Waals surface area contributed by atoms with Crippen LogP contribution in [0.3, 0.4) is 0 Å². The Kier molecular flexibility index (Phi) is 6.81. The van der Waals surface area contributed by atoms with Gasteiger partial charge in [-0.25, -0.2) is 14.2 Å². The smallest absolute Gasteiger partial charge is 0.408 e. The average molecular weight is 438 g/mol. The summed E-state index contributed by atoms with van der Waals surface area (Å²) in [6, 6.07) is 7.67. The van der Waals surface area contributed by atoms with Gasteiger partial charge in [-0.1, -0.05) is 11.6 Å². The van der Waals surface area contributed by atoms with Gasteiger partial charge in [-0.15, -0.1) is 0 Å². The maximum Gasteiger partial charge on any atom is 0.408 e. The summed E-state index contributed by atoms with van der Waals surface area (Å²) in [5, 5.41) is 13.5. The van der Waals surface area contributed by atoms with E-state index in [-0.39, 0.29) is 11.6 Å². The number of pyridine rings is 1. The van der Waals surface area contributed by atoms with Crippen molar-refractivity contribution in [3.63, 3.8) is 0 Å². The predicted molar refractivity (Wildman–Crippen MR) is 116 cm³/mol. The lowest BCUT2D eigenvalue weighted by Crippen LogP contribution is -2.44. The van der Waals surface area contributed by atoms with Crippen LogP contribution in [0.5, 0.6) is 0 Å². The summed E-state index contributed by atoms with van der Waals surface area (Å²) < 4.78 is 19.0. The van der Waals surface area contributed by atoms with Gasteiger partial charge in [0.15, 0.2) is 0 Å². The molecule has 0 saturated heterocycles. The molecule has 8 heteroatoms. The minimum Gasteiger partial charge on any atom is -0.444 e. The lowest BCUT2D eigenvalue weighted by molar-refractivity contribution is 0.0470. The molecule has 0 aliphatic carbocycles. The molecule has 6 nitrogen and oxygen atoms in total. The Balaban J connectivity index is 2.56. The number of nitrogens with two attached hydrogens (primary N) is 1. The van der Waals surface area contributed by atoms with E-state index < -0.39 is 28.7 Å². The highest BCUT2D eigenvalue weighted by Gasteiger charge is 2.30. The van der Waals surface area contributed by atoms with Crippen LogP contribution in [0.1, 0.15) is 52.8 Å². The van der Waals surface area contributed by atoms with E-state index >= 15 is 0 Å². The Labute approximate surface area is 181 Å². The summed E-state index contributed by atoms with van der Waals surface area (Å²) in [5.74, 6) is -0.544. The molecule has 2 rings (SSSR count). The molecule has 4 N–H and O–H groups in total. The van der Waals surface area contributed by atoms with Gasteiger partial charge in [-0.3, -0.25) is 0 Å². The molecular weight excluding hydrogens is 409 g/mol. The second-order valence-corrected chi connectivity index (χ2v) is 9.39. The van der Waals surface area contributed by atoms with Crippen LogP contribution in [0.15, 0.2) is 30.3 Å². The van der Waals surface area contributed by atoms with E-state index in [1.54, 1.807) is 59.7 Å².